The zero-order valence-corrected chi connectivity index (χ0v) is 12.1. The fraction of sp³-hybridized carbons (Fsp3) is 0.643. The number of hydrogen-bond acceptors (Lipinski definition) is 3. The molecule has 1 saturated carbocycles. The number of nitrogens with one attached hydrogen (secondary N) is 2. The molecule has 1 aromatic rings. The van der Waals surface area contributed by atoms with Crippen LogP contribution in [0, 0.1) is 5.92 Å². The number of amides is 2. The number of rotatable bonds is 5. The van der Waals surface area contributed by atoms with Crippen molar-refractivity contribution in [3.63, 3.8) is 0 Å². The van der Waals surface area contributed by atoms with Crippen molar-refractivity contribution in [3.8, 4) is 0 Å². The minimum absolute atomic E-state index is 0.108. The summed E-state index contributed by atoms with van der Waals surface area (Å²) >= 11 is 1.68. The lowest BCUT2D eigenvalue weighted by Crippen LogP contribution is -2.39. The van der Waals surface area contributed by atoms with Crippen LogP contribution >= 0.6 is 11.3 Å². The quantitative estimate of drug-likeness (QED) is 0.776. The Morgan fingerprint density at radius 1 is 1.53 bits per heavy atom. The van der Waals surface area contributed by atoms with Gasteiger partial charge in [0.15, 0.2) is 0 Å². The van der Waals surface area contributed by atoms with E-state index in [1.807, 2.05) is 0 Å². The molecule has 0 bridgehead atoms. The van der Waals surface area contributed by atoms with Gasteiger partial charge in [0.2, 0.25) is 0 Å². The lowest BCUT2D eigenvalue weighted by Gasteiger charge is -2.14. The standard InChI is InChI=1S/C14H22N2O2S/c1-10(12-4-5-19-9-12)7-15-14(18)16-8-11-2-3-13(17)6-11/h4-5,9-11,13,17H,2-3,6-8H2,1H3,(H2,15,16,18)/t10-,11-,13+/m1/s1. The second-order valence-electron chi connectivity index (χ2n) is 5.38. The summed E-state index contributed by atoms with van der Waals surface area (Å²) in [7, 11) is 0. The number of hydrogen-bond donors (Lipinski definition) is 3. The first-order valence-electron chi connectivity index (χ1n) is 6.87. The van der Waals surface area contributed by atoms with E-state index in [-0.39, 0.29) is 12.1 Å². The van der Waals surface area contributed by atoms with Gasteiger partial charge in [0, 0.05) is 13.1 Å². The van der Waals surface area contributed by atoms with E-state index in [2.05, 4.69) is 34.4 Å². The third-order valence-corrected chi connectivity index (χ3v) is 4.45. The number of aliphatic hydroxyl groups excluding tert-OH is 1. The number of carbonyl (C=O) groups is 1. The largest absolute Gasteiger partial charge is 0.393 e. The van der Waals surface area contributed by atoms with Crippen LogP contribution in [0.5, 0.6) is 0 Å². The first kappa shape index (κ1) is 14.3. The molecule has 0 unspecified atom stereocenters. The molecule has 1 aliphatic carbocycles. The highest BCUT2D eigenvalue weighted by molar-refractivity contribution is 7.07. The number of carbonyl (C=O) groups excluding carboxylic acids is 1. The van der Waals surface area contributed by atoms with E-state index in [9.17, 15) is 9.90 Å². The predicted octanol–water partition coefficient (Wildman–Crippen LogP) is 2.31. The molecular weight excluding hydrogens is 260 g/mol. The van der Waals surface area contributed by atoms with Crippen molar-refractivity contribution in [1.82, 2.24) is 10.6 Å². The summed E-state index contributed by atoms with van der Waals surface area (Å²) in [4.78, 5) is 11.7. The number of urea groups is 1. The monoisotopic (exact) mass is 282 g/mol. The van der Waals surface area contributed by atoms with E-state index in [0.29, 0.717) is 24.9 Å². The summed E-state index contributed by atoms with van der Waals surface area (Å²) in [5.41, 5.74) is 1.27. The Morgan fingerprint density at radius 2 is 2.37 bits per heavy atom. The van der Waals surface area contributed by atoms with Gasteiger partial charge in [-0.3, -0.25) is 0 Å². The molecule has 2 amide bonds. The van der Waals surface area contributed by atoms with Gasteiger partial charge in [0.1, 0.15) is 0 Å². The SMILES string of the molecule is C[C@H](CNC(=O)NC[C@@H]1CC[C@H](O)C1)c1ccsc1. The topological polar surface area (TPSA) is 61.4 Å². The second kappa shape index (κ2) is 6.91. The first-order valence-corrected chi connectivity index (χ1v) is 7.81. The molecule has 19 heavy (non-hydrogen) atoms. The maximum Gasteiger partial charge on any atom is 0.314 e. The normalized spacial score (nSPS) is 24.1. The molecule has 3 N–H and O–H groups in total. The minimum Gasteiger partial charge on any atom is -0.393 e. The molecule has 106 valence electrons. The summed E-state index contributed by atoms with van der Waals surface area (Å²) in [6.07, 6.45) is 2.51. The van der Waals surface area contributed by atoms with Crippen molar-refractivity contribution in [2.75, 3.05) is 13.1 Å². The summed E-state index contributed by atoms with van der Waals surface area (Å²) in [6.45, 7) is 3.42. The number of thiophene rings is 1. The summed E-state index contributed by atoms with van der Waals surface area (Å²) in [5, 5.41) is 19.4. The highest BCUT2D eigenvalue weighted by Gasteiger charge is 2.22. The Labute approximate surface area is 118 Å². The van der Waals surface area contributed by atoms with Gasteiger partial charge < -0.3 is 15.7 Å². The molecular formula is C14H22N2O2S. The zero-order chi connectivity index (χ0) is 13.7. The molecule has 5 heteroatoms. The first-order chi connectivity index (χ1) is 9.15. The van der Waals surface area contributed by atoms with Gasteiger partial charge in [0.25, 0.3) is 0 Å². The van der Waals surface area contributed by atoms with Crippen molar-refractivity contribution in [2.24, 2.45) is 5.92 Å². The lowest BCUT2D eigenvalue weighted by atomic mass is 10.1. The van der Waals surface area contributed by atoms with Crippen LogP contribution in [0.3, 0.4) is 0 Å². The zero-order valence-electron chi connectivity index (χ0n) is 11.3. The van der Waals surface area contributed by atoms with Crippen LogP contribution in [0.25, 0.3) is 0 Å². The minimum atomic E-state index is -0.173. The van der Waals surface area contributed by atoms with E-state index in [4.69, 9.17) is 0 Å². The molecule has 2 rings (SSSR count). The van der Waals surface area contributed by atoms with Crippen LogP contribution in [0.2, 0.25) is 0 Å². The van der Waals surface area contributed by atoms with Crippen molar-refractivity contribution in [1.29, 1.82) is 0 Å². The molecule has 1 aliphatic rings. The molecule has 0 aromatic carbocycles. The predicted molar refractivity (Wildman–Crippen MR) is 77.5 cm³/mol. The van der Waals surface area contributed by atoms with E-state index in [1.54, 1.807) is 11.3 Å². The Bertz CT molecular complexity index is 394. The van der Waals surface area contributed by atoms with Gasteiger partial charge in [0.05, 0.1) is 6.10 Å². The third kappa shape index (κ3) is 4.51. The van der Waals surface area contributed by atoms with Crippen molar-refractivity contribution in [2.45, 2.75) is 38.2 Å². The van der Waals surface area contributed by atoms with E-state index < -0.39 is 0 Å². The second-order valence-corrected chi connectivity index (χ2v) is 6.16. The molecule has 0 saturated heterocycles. The highest BCUT2D eigenvalue weighted by atomic mass is 32.1. The molecule has 3 atom stereocenters. The molecule has 1 fully saturated rings. The number of aliphatic hydroxyl groups is 1. The van der Waals surface area contributed by atoms with E-state index in [1.165, 1.54) is 5.56 Å². The van der Waals surface area contributed by atoms with Crippen molar-refractivity contribution < 1.29 is 9.90 Å². The Morgan fingerprint density at radius 3 is 3.00 bits per heavy atom. The fourth-order valence-corrected chi connectivity index (χ4v) is 3.23. The molecule has 0 radical (unpaired) electrons. The van der Waals surface area contributed by atoms with Gasteiger partial charge in [-0.1, -0.05) is 6.92 Å². The van der Waals surface area contributed by atoms with Crippen LogP contribution in [-0.2, 0) is 0 Å². The van der Waals surface area contributed by atoms with Crippen LogP contribution in [0.15, 0.2) is 16.8 Å². The van der Waals surface area contributed by atoms with Crippen LogP contribution in [-0.4, -0.2) is 30.3 Å². The molecule has 0 spiro atoms. The summed E-state index contributed by atoms with van der Waals surface area (Å²) in [5.74, 6) is 0.764. The Hall–Kier alpha value is -1.07. The molecule has 0 aliphatic heterocycles. The van der Waals surface area contributed by atoms with Crippen LogP contribution in [0.1, 0.15) is 37.7 Å². The van der Waals surface area contributed by atoms with Crippen LogP contribution in [0.4, 0.5) is 4.79 Å². The maximum absolute atomic E-state index is 11.7. The molecule has 1 heterocycles. The maximum atomic E-state index is 11.7. The molecule has 4 nitrogen and oxygen atoms in total. The highest BCUT2D eigenvalue weighted by Crippen LogP contribution is 2.24. The Kier molecular flexibility index (Phi) is 5.22. The fourth-order valence-electron chi connectivity index (χ4n) is 2.45. The third-order valence-electron chi connectivity index (χ3n) is 3.75. The van der Waals surface area contributed by atoms with Gasteiger partial charge in [-0.2, -0.15) is 11.3 Å². The van der Waals surface area contributed by atoms with Gasteiger partial charge in [-0.05, 0) is 53.5 Å². The lowest BCUT2D eigenvalue weighted by molar-refractivity contribution is 0.177. The summed E-state index contributed by atoms with van der Waals surface area (Å²) in [6, 6.07) is 1.98. The summed E-state index contributed by atoms with van der Waals surface area (Å²) < 4.78 is 0. The van der Waals surface area contributed by atoms with Crippen LogP contribution < -0.4 is 10.6 Å². The molecule has 1 aromatic heterocycles. The smallest absolute Gasteiger partial charge is 0.314 e. The van der Waals surface area contributed by atoms with Gasteiger partial charge in [-0.15, -0.1) is 0 Å². The average Bonchev–Trinajstić information content (AvgIpc) is 3.04. The van der Waals surface area contributed by atoms with E-state index >= 15 is 0 Å². The van der Waals surface area contributed by atoms with E-state index in [0.717, 1.165) is 19.3 Å². The average molecular weight is 282 g/mol. The van der Waals surface area contributed by atoms with Gasteiger partial charge >= 0.3 is 6.03 Å². The Balaban J connectivity index is 1.62. The van der Waals surface area contributed by atoms with Gasteiger partial charge in [-0.25, -0.2) is 4.79 Å². The van der Waals surface area contributed by atoms with Crippen molar-refractivity contribution in [3.05, 3.63) is 22.4 Å². The van der Waals surface area contributed by atoms with Crippen molar-refractivity contribution >= 4 is 17.4 Å².